The molecule has 1 aliphatic heterocycles. The minimum absolute atomic E-state index is 0.0655. The maximum absolute atomic E-state index is 12.5. The molecule has 0 bridgehead atoms. The summed E-state index contributed by atoms with van der Waals surface area (Å²) in [6, 6.07) is 9.12. The van der Waals surface area contributed by atoms with E-state index in [0.29, 0.717) is 18.1 Å². The van der Waals surface area contributed by atoms with Crippen LogP contribution < -0.4 is 10.2 Å². The highest BCUT2D eigenvalue weighted by Gasteiger charge is 2.33. The van der Waals surface area contributed by atoms with Gasteiger partial charge in [-0.25, -0.2) is 0 Å². The van der Waals surface area contributed by atoms with Gasteiger partial charge in [-0.2, -0.15) is 0 Å². The molecule has 1 atom stereocenters. The van der Waals surface area contributed by atoms with Gasteiger partial charge in [-0.05, 0) is 30.0 Å². The average Bonchev–Trinajstić information content (AvgIpc) is 3.04. The maximum Gasteiger partial charge on any atom is 0.244 e. The molecule has 1 saturated heterocycles. The molecule has 0 radical (unpaired) electrons. The Morgan fingerprint density at radius 1 is 1.24 bits per heavy atom. The number of benzene rings is 1. The fraction of sp³-hybridized carbons (Fsp3) is 0.267. The van der Waals surface area contributed by atoms with E-state index in [4.69, 9.17) is 23.2 Å². The van der Waals surface area contributed by atoms with Crippen LogP contribution in [-0.2, 0) is 11.3 Å². The molecule has 1 fully saturated rings. The molecule has 0 saturated carbocycles. The first-order chi connectivity index (χ1) is 10.2. The molecule has 110 valence electrons. The molecule has 21 heavy (non-hydrogen) atoms. The summed E-state index contributed by atoms with van der Waals surface area (Å²) in [4.78, 5) is 15.3. The Morgan fingerprint density at radius 3 is 2.76 bits per heavy atom. The van der Waals surface area contributed by atoms with Crippen LogP contribution in [0.4, 0.5) is 5.69 Å². The summed E-state index contributed by atoms with van der Waals surface area (Å²) >= 11 is 13.8. The molecule has 3 rings (SSSR count). The molecule has 2 heterocycles. The van der Waals surface area contributed by atoms with Gasteiger partial charge >= 0.3 is 0 Å². The number of amides is 1. The molecule has 1 aromatic heterocycles. The first kappa shape index (κ1) is 14.9. The summed E-state index contributed by atoms with van der Waals surface area (Å²) < 4.78 is 0. The number of hydrogen-bond acceptors (Lipinski definition) is 3. The first-order valence-electron chi connectivity index (χ1n) is 6.68. The summed E-state index contributed by atoms with van der Waals surface area (Å²) in [5, 5.41) is 6.59. The number of nitrogens with one attached hydrogen (secondary N) is 1. The Hall–Kier alpha value is -1.07. The molecule has 0 aliphatic carbocycles. The van der Waals surface area contributed by atoms with E-state index < -0.39 is 0 Å². The normalized spacial score (nSPS) is 18.5. The third kappa shape index (κ3) is 3.09. The van der Waals surface area contributed by atoms with E-state index in [-0.39, 0.29) is 11.9 Å². The molecule has 1 aromatic carbocycles. The van der Waals surface area contributed by atoms with Gasteiger partial charge in [0.05, 0.1) is 21.8 Å². The number of nitrogens with zero attached hydrogens (tertiary/aromatic N) is 1. The van der Waals surface area contributed by atoms with Crippen LogP contribution in [0, 0.1) is 0 Å². The van der Waals surface area contributed by atoms with Crippen molar-refractivity contribution in [2.45, 2.75) is 19.0 Å². The van der Waals surface area contributed by atoms with Crippen molar-refractivity contribution in [1.82, 2.24) is 5.32 Å². The van der Waals surface area contributed by atoms with Gasteiger partial charge < -0.3 is 10.2 Å². The zero-order valence-corrected chi connectivity index (χ0v) is 13.5. The highest BCUT2D eigenvalue weighted by Crippen LogP contribution is 2.29. The van der Waals surface area contributed by atoms with Crippen LogP contribution in [0.25, 0.3) is 0 Å². The monoisotopic (exact) mass is 340 g/mol. The molecular formula is C15H14Cl2N2OS. The summed E-state index contributed by atoms with van der Waals surface area (Å²) in [5.74, 6) is 0.0655. The van der Waals surface area contributed by atoms with Crippen LogP contribution >= 0.6 is 34.5 Å². The molecule has 1 unspecified atom stereocenters. The summed E-state index contributed by atoms with van der Waals surface area (Å²) in [5.41, 5.74) is 0.780. The van der Waals surface area contributed by atoms with Crippen molar-refractivity contribution in [2.24, 2.45) is 0 Å². The van der Waals surface area contributed by atoms with Crippen LogP contribution in [0.2, 0.25) is 10.0 Å². The lowest BCUT2D eigenvalue weighted by Crippen LogP contribution is -2.38. The van der Waals surface area contributed by atoms with Crippen molar-refractivity contribution in [3.63, 3.8) is 0 Å². The predicted octanol–water partition coefficient (Wildman–Crippen LogP) is 3.95. The Labute approximate surface area is 137 Å². The van der Waals surface area contributed by atoms with Crippen molar-refractivity contribution in [1.29, 1.82) is 0 Å². The molecular weight excluding hydrogens is 327 g/mol. The second kappa shape index (κ2) is 6.36. The predicted molar refractivity (Wildman–Crippen MR) is 88.4 cm³/mol. The van der Waals surface area contributed by atoms with Crippen LogP contribution in [0.5, 0.6) is 0 Å². The lowest BCUT2D eigenvalue weighted by atomic mass is 10.2. The topological polar surface area (TPSA) is 32.3 Å². The Morgan fingerprint density at radius 2 is 2.05 bits per heavy atom. The summed E-state index contributed by atoms with van der Waals surface area (Å²) in [6.07, 6.45) is 0.771. The van der Waals surface area contributed by atoms with E-state index in [1.807, 2.05) is 29.6 Å². The molecule has 1 amide bonds. The minimum atomic E-state index is -0.181. The van der Waals surface area contributed by atoms with Gasteiger partial charge in [0.25, 0.3) is 0 Å². The maximum atomic E-state index is 12.5. The number of anilines is 1. The largest absolute Gasteiger partial charge is 0.310 e. The molecule has 6 heteroatoms. The van der Waals surface area contributed by atoms with E-state index in [9.17, 15) is 4.79 Å². The van der Waals surface area contributed by atoms with Gasteiger partial charge in [-0.1, -0.05) is 35.3 Å². The van der Waals surface area contributed by atoms with E-state index in [1.165, 1.54) is 0 Å². The average molecular weight is 341 g/mol. The summed E-state index contributed by atoms with van der Waals surface area (Å²) in [6.45, 7) is 1.29. The summed E-state index contributed by atoms with van der Waals surface area (Å²) in [7, 11) is 0. The molecule has 3 nitrogen and oxygen atoms in total. The lowest BCUT2D eigenvalue weighted by molar-refractivity contribution is -0.118. The van der Waals surface area contributed by atoms with Crippen molar-refractivity contribution in [3.05, 3.63) is 50.6 Å². The van der Waals surface area contributed by atoms with Gasteiger partial charge in [0.1, 0.15) is 0 Å². The minimum Gasteiger partial charge on any atom is -0.310 e. The van der Waals surface area contributed by atoms with Gasteiger partial charge in [0, 0.05) is 18.0 Å². The number of rotatable bonds is 4. The van der Waals surface area contributed by atoms with Crippen LogP contribution in [0.3, 0.4) is 0 Å². The molecule has 2 aromatic rings. The Bertz CT molecular complexity index is 659. The van der Waals surface area contributed by atoms with Gasteiger partial charge in [0.15, 0.2) is 0 Å². The standard InChI is InChI=1S/C15H14Cl2N2OS/c16-10-3-1-2-4-13(10)19-7-5-12(15(19)20)18-9-14-11(17)6-8-21-14/h1-4,6,8,12,18H,5,7,9H2. The Balaban J connectivity index is 1.67. The number of thiophene rings is 1. The van der Waals surface area contributed by atoms with Crippen molar-refractivity contribution in [3.8, 4) is 0 Å². The van der Waals surface area contributed by atoms with Crippen molar-refractivity contribution in [2.75, 3.05) is 11.4 Å². The van der Waals surface area contributed by atoms with Gasteiger partial charge in [0.2, 0.25) is 5.91 Å². The highest BCUT2D eigenvalue weighted by molar-refractivity contribution is 7.10. The van der Waals surface area contributed by atoms with Gasteiger partial charge in [-0.3, -0.25) is 4.79 Å². The number of carbonyl (C=O) groups excluding carboxylic acids is 1. The SMILES string of the molecule is O=C1C(NCc2sccc2Cl)CCN1c1ccccc1Cl. The zero-order valence-electron chi connectivity index (χ0n) is 11.2. The van der Waals surface area contributed by atoms with Gasteiger partial charge in [-0.15, -0.1) is 11.3 Å². The number of halogens is 2. The number of para-hydroxylation sites is 1. The zero-order chi connectivity index (χ0) is 14.8. The molecule has 1 N–H and O–H groups in total. The smallest absolute Gasteiger partial charge is 0.244 e. The van der Waals surface area contributed by atoms with E-state index in [1.54, 1.807) is 22.3 Å². The third-order valence-corrected chi connectivity index (χ3v) is 5.26. The second-order valence-corrected chi connectivity index (χ2v) is 6.67. The fourth-order valence-electron chi connectivity index (χ4n) is 2.45. The van der Waals surface area contributed by atoms with E-state index in [2.05, 4.69) is 5.32 Å². The van der Waals surface area contributed by atoms with Crippen LogP contribution in [0.1, 0.15) is 11.3 Å². The first-order valence-corrected chi connectivity index (χ1v) is 8.31. The van der Waals surface area contributed by atoms with Crippen LogP contribution in [0.15, 0.2) is 35.7 Å². The fourth-order valence-corrected chi connectivity index (χ4v) is 3.74. The van der Waals surface area contributed by atoms with E-state index in [0.717, 1.165) is 22.0 Å². The van der Waals surface area contributed by atoms with Crippen molar-refractivity contribution < 1.29 is 4.79 Å². The quantitative estimate of drug-likeness (QED) is 0.913. The Kier molecular flexibility index (Phi) is 4.50. The number of carbonyl (C=O) groups is 1. The van der Waals surface area contributed by atoms with E-state index >= 15 is 0 Å². The highest BCUT2D eigenvalue weighted by atomic mass is 35.5. The molecule has 0 spiro atoms. The van der Waals surface area contributed by atoms with Crippen molar-refractivity contribution >= 4 is 46.1 Å². The third-order valence-electron chi connectivity index (χ3n) is 3.55. The lowest BCUT2D eigenvalue weighted by Gasteiger charge is -2.18. The number of hydrogen-bond donors (Lipinski definition) is 1. The second-order valence-electron chi connectivity index (χ2n) is 4.86. The molecule has 1 aliphatic rings. The van der Waals surface area contributed by atoms with Crippen LogP contribution in [-0.4, -0.2) is 18.5 Å².